The van der Waals surface area contributed by atoms with Gasteiger partial charge >= 0.3 is 0 Å². The molecule has 23 heavy (non-hydrogen) atoms. The van der Waals surface area contributed by atoms with Gasteiger partial charge in [0.05, 0.1) is 11.6 Å². The molecule has 0 spiro atoms. The number of nitrogens with zero attached hydrogens (tertiary/aromatic N) is 1. The number of aryl methyl sites for hydroxylation is 1. The fourth-order valence-electron chi connectivity index (χ4n) is 3.84. The average Bonchev–Trinajstić information content (AvgIpc) is 2.63. The lowest BCUT2D eigenvalue weighted by molar-refractivity contribution is 0.396. The van der Waals surface area contributed by atoms with Gasteiger partial charge in [0.2, 0.25) is 0 Å². The predicted octanol–water partition coefficient (Wildman–Crippen LogP) is 5.95. The Morgan fingerprint density at radius 3 is 1.74 bits per heavy atom. The third kappa shape index (κ3) is 3.82. The number of benzene rings is 2. The molecule has 1 saturated carbocycles. The van der Waals surface area contributed by atoms with Gasteiger partial charge < -0.3 is 0 Å². The summed E-state index contributed by atoms with van der Waals surface area (Å²) in [4.78, 5) is 0. The van der Waals surface area contributed by atoms with Gasteiger partial charge in [-0.2, -0.15) is 5.26 Å². The molecule has 1 fully saturated rings. The average molecular weight is 303 g/mol. The van der Waals surface area contributed by atoms with Gasteiger partial charge in [-0.05, 0) is 72.8 Å². The third-order valence-corrected chi connectivity index (χ3v) is 5.23. The highest BCUT2D eigenvalue weighted by atomic mass is 14.3. The first-order chi connectivity index (χ1) is 11.3. The van der Waals surface area contributed by atoms with Crippen LogP contribution in [0.2, 0.25) is 0 Å². The highest BCUT2D eigenvalue weighted by Crippen LogP contribution is 2.40. The minimum Gasteiger partial charge on any atom is -0.192 e. The summed E-state index contributed by atoms with van der Waals surface area (Å²) in [5.41, 5.74) is 5.14. The van der Waals surface area contributed by atoms with Crippen LogP contribution in [0, 0.1) is 11.3 Å². The maximum Gasteiger partial charge on any atom is 0.0991 e. The first kappa shape index (κ1) is 15.8. The van der Waals surface area contributed by atoms with Crippen molar-refractivity contribution in [2.24, 2.45) is 0 Å². The van der Waals surface area contributed by atoms with E-state index >= 15 is 0 Å². The molecule has 1 heteroatoms. The maximum absolute atomic E-state index is 8.90. The van der Waals surface area contributed by atoms with Crippen molar-refractivity contribution in [2.45, 2.75) is 57.3 Å². The normalized spacial score (nSPS) is 20.9. The van der Waals surface area contributed by atoms with Crippen molar-refractivity contribution in [1.29, 1.82) is 5.26 Å². The molecule has 1 aliphatic rings. The van der Waals surface area contributed by atoms with Crippen LogP contribution in [-0.4, -0.2) is 0 Å². The molecule has 1 nitrogen and oxygen atoms in total. The van der Waals surface area contributed by atoms with Crippen LogP contribution < -0.4 is 0 Å². The second-order valence-corrected chi connectivity index (χ2v) is 6.77. The Labute approximate surface area is 140 Å². The Kier molecular flexibility index (Phi) is 5.13. The SMILES string of the molecule is CCCc1ccc(C2CCC(c3ccc(C#N)cc3)CC2)cc1. The third-order valence-electron chi connectivity index (χ3n) is 5.23. The smallest absolute Gasteiger partial charge is 0.0991 e. The molecule has 0 bridgehead atoms. The maximum atomic E-state index is 8.90. The van der Waals surface area contributed by atoms with E-state index in [9.17, 15) is 0 Å². The molecule has 0 N–H and O–H groups in total. The van der Waals surface area contributed by atoms with Crippen LogP contribution in [0.3, 0.4) is 0 Å². The van der Waals surface area contributed by atoms with Gasteiger partial charge in [0.25, 0.3) is 0 Å². The Bertz CT molecular complexity index is 653. The van der Waals surface area contributed by atoms with E-state index in [2.05, 4.69) is 49.4 Å². The molecule has 2 aromatic carbocycles. The van der Waals surface area contributed by atoms with E-state index in [0.29, 0.717) is 5.92 Å². The molecule has 0 amide bonds. The molecule has 3 rings (SSSR count). The second-order valence-electron chi connectivity index (χ2n) is 6.77. The summed E-state index contributed by atoms with van der Waals surface area (Å²) < 4.78 is 0. The number of hydrogen-bond donors (Lipinski definition) is 0. The number of nitriles is 1. The van der Waals surface area contributed by atoms with Crippen molar-refractivity contribution in [3.8, 4) is 6.07 Å². The predicted molar refractivity (Wildman–Crippen MR) is 95.5 cm³/mol. The van der Waals surface area contributed by atoms with Crippen LogP contribution in [0.1, 0.15) is 73.1 Å². The van der Waals surface area contributed by atoms with E-state index in [1.165, 1.54) is 55.2 Å². The van der Waals surface area contributed by atoms with Crippen LogP contribution in [0.15, 0.2) is 48.5 Å². The van der Waals surface area contributed by atoms with Gasteiger partial charge in [-0.25, -0.2) is 0 Å². The van der Waals surface area contributed by atoms with Crippen LogP contribution in [0.4, 0.5) is 0 Å². The van der Waals surface area contributed by atoms with Crippen molar-refractivity contribution in [3.05, 3.63) is 70.8 Å². The van der Waals surface area contributed by atoms with E-state index in [1.54, 1.807) is 0 Å². The fourth-order valence-corrected chi connectivity index (χ4v) is 3.84. The van der Waals surface area contributed by atoms with Crippen molar-refractivity contribution < 1.29 is 0 Å². The Morgan fingerprint density at radius 2 is 1.30 bits per heavy atom. The van der Waals surface area contributed by atoms with Crippen molar-refractivity contribution >= 4 is 0 Å². The molecular weight excluding hydrogens is 278 g/mol. The van der Waals surface area contributed by atoms with Crippen LogP contribution in [0.5, 0.6) is 0 Å². The lowest BCUT2D eigenvalue weighted by atomic mass is 9.76. The molecule has 0 heterocycles. The molecule has 1 aliphatic carbocycles. The van der Waals surface area contributed by atoms with Gasteiger partial charge in [-0.15, -0.1) is 0 Å². The molecule has 0 unspecified atom stereocenters. The van der Waals surface area contributed by atoms with Crippen LogP contribution in [-0.2, 0) is 6.42 Å². The van der Waals surface area contributed by atoms with Crippen molar-refractivity contribution in [2.75, 3.05) is 0 Å². The minimum absolute atomic E-state index is 0.665. The van der Waals surface area contributed by atoms with E-state index in [0.717, 1.165) is 11.5 Å². The lowest BCUT2D eigenvalue weighted by Gasteiger charge is -2.29. The summed E-state index contributed by atoms with van der Waals surface area (Å²) in [6, 6.07) is 19.7. The van der Waals surface area contributed by atoms with Crippen molar-refractivity contribution in [3.63, 3.8) is 0 Å². The van der Waals surface area contributed by atoms with Gasteiger partial charge in [0.1, 0.15) is 0 Å². The Balaban J connectivity index is 1.60. The topological polar surface area (TPSA) is 23.8 Å². The summed E-state index contributed by atoms with van der Waals surface area (Å²) in [6.45, 7) is 2.23. The molecule has 118 valence electrons. The van der Waals surface area contributed by atoms with E-state index in [-0.39, 0.29) is 0 Å². The Morgan fingerprint density at radius 1 is 0.826 bits per heavy atom. The molecular formula is C22H25N. The largest absolute Gasteiger partial charge is 0.192 e. The number of hydrogen-bond acceptors (Lipinski definition) is 1. The van der Waals surface area contributed by atoms with Gasteiger partial charge in [-0.3, -0.25) is 0 Å². The lowest BCUT2D eigenvalue weighted by Crippen LogP contribution is -2.12. The second kappa shape index (κ2) is 7.47. The highest BCUT2D eigenvalue weighted by molar-refractivity contribution is 5.33. The summed E-state index contributed by atoms with van der Waals surface area (Å²) in [5, 5.41) is 8.90. The van der Waals surface area contributed by atoms with E-state index < -0.39 is 0 Å². The molecule has 0 saturated heterocycles. The highest BCUT2D eigenvalue weighted by Gasteiger charge is 2.23. The van der Waals surface area contributed by atoms with Crippen LogP contribution >= 0.6 is 0 Å². The zero-order valence-electron chi connectivity index (χ0n) is 14.0. The number of rotatable bonds is 4. The monoisotopic (exact) mass is 303 g/mol. The molecule has 2 aromatic rings. The summed E-state index contributed by atoms with van der Waals surface area (Å²) in [7, 11) is 0. The summed E-state index contributed by atoms with van der Waals surface area (Å²) >= 11 is 0. The minimum atomic E-state index is 0.665. The van der Waals surface area contributed by atoms with Crippen LogP contribution in [0.25, 0.3) is 0 Å². The zero-order chi connectivity index (χ0) is 16.1. The fraction of sp³-hybridized carbons (Fsp3) is 0.409. The summed E-state index contributed by atoms with van der Waals surface area (Å²) in [6.07, 6.45) is 7.47. The zero-order valence-corrected chi connectivity index (χ0v) is 14.0. The van der Waals surface area contributed by atoms with Gasteiger partial charge in [0, 0.05) is 0 Å². The van der Waals surface area contributed by atoms with E-state index in [1.807, 2.05) is 12.1 Å². The van der Waals surface area contributed by atoms with E-state index in [4.69, 9.17) is 5.26 Å². The molecule has 0 radical (unpaired) electrons. The standard InChI is InChI=1S/C22H25N/c1-2-3-17-4-8-19(9-5-17)21-12-14-22(15-13-21)20-10-6-18(16-23)7-11-20/h4-11,21-22H,2-3,12-15H2,1H3. The quantitative estimate of drug-likeness (QED) is 0.684. The molecule has 0 aromatic heterocycles. The first-order valence-corrected chi connectivity index (χ1v) is 8.89. The molecule has 0 atom stereocenters. The summed E-state index contributed by atoms with van der Waals surface area (Å²) in [5.74, 6) is 1.39. The molecule has 0 aliphatic heterocycles. The first-order valence-electron chi connectivity index (χ1n) is 8.89. The van der Waals surface area contributed by atoms with Crippen molar-refractivity contribution in [1.82, 2.24) is 0 Å². The Hall–Kier alpha value is -2.07. The van der Waals surface area contributed by atoms with Gasteiger partial charge in [0.15, 0.2) is 0 Å². The van der Waals surface area contributed by atoms with Gasteiger partial charge in [-0.1, -0.05) is 49.7 Å².